The van der Waals surface area contributed by atoms with Gasteiger partial charge in [-0.15, -0.1) is 0 Å². The maximum Gasteiger partial charge on any atom is 0.0501 e. The molecule has 2 aromatic rings. The zero-order chi connectivity index (χ0) is 14.5. The van der Waals surface area contributed by atoms with Gasteiger partial charge in [-0.25, -0.2) is 0 Å². The molecule has 0 bridgehead atoms. The molecule has 3 heteroatoms. The summed E-state index contributed by atoms with van der Waals surface area (Å²) in [5, 5.41) is 4.26. The second-order valence-corrected chi connectivity index (χ2v) is 6.49. The molecular formula is C17H19BrClN. The molecular weight excluding hydrogens is 334 g/mol. The molecule has 0 saturated heterocycles. The van der Waals surface area contributed by atoms with E-state index in [4.69, 9.17) is 11.6 Å². The third kappa shape index (κ3) is 4.53. The summed E-state index contributed by atoms with van der Waals surface area (Å²) in [6, 6.07) is 14.9. The van der Waals surface area contributed by atoms with E-state index in [9.17, 15) is 0 Å². The highest BCUT2D eigenvalue weighted by Crippen LogP contribution is 2.27. The zero-order valence-electron chi connectivity index (χ0n) is 11.8. The van der Waals surface area contributed by atoms with Gasteiger partial charge in [0.15, 0.2) is 0 Å². The Bertz CT molecular complexity index is 583. The monoisotopic (exact) mass is 351 g/mol. The lowest BCUT2D eigenvalue weighted by molar-refractivity contribution is 0.705. The second-order valence-electron chi connectivity index (χ2n) is 5.20. The Morgan fingerprint density at radius 1 is 1.20 bits per heavy atom. The van der Waals surface area contributed by atoms with Crippen LogP contribution < -0.4 is 5.32 Å². The maximum atomic E-state index is 6.03. The predicted octanol–water partition coefficient (Wildman–Crippen LogP) is 5.84. The Morgan fingerprint density at radius 3 is 2.75 bits per heavy atom. The third-order valence-electron chi connectivity index (χ3n) is 3.28. The highest BCUT2D eigenvalue weighted by Gasteiger charge is 2.06. The van der Waals surface area contributed by atoms with Crippen molar-refractivity contribution in [3.8, 4) is 0 Å². The van der Waals surface area contributed by atoms with E-state index in [0.29, 0.717) is 6.04 Å². The molecule has 1 atom stereocenters. The van der Waals surface area contributed by atoms with E-state index in [2.05, 4.69) is 59.4 Å². The van der Waals surface area contributed by atoms with Crippen molar-refractivity contribution in [2.75, 3.05) is 5.32 Å². The van der Waals surface area contributed by atoms with Crippen LogP contribution in [0.15, 0.2) is 46.9 Å². The van der Waals surface area contributed by atoms with Gasteiger partial charge in [-0.2, -0.15) is 0 Å². The van der Waals surface area contributed by atoms with E-state index in [0.717, 1.165) is 28.0 Å². The quantitative estimate of drug-likeness (QED) is 0.712. The molecule has 0 amide bonds. The van der Waals surface area contributed by atoms with Gasteiger partial charge in [-0.3, -0.25) is 0 Å². The van der Waals surface area contributed by atoms with Gasteiger partial charge in [0, 0.05) is 15.5 Å². The lowest BCUT2D eigenvalue weighted by atomic mass is 10.0. The molecule has 0 heterocycles. The van der Waals surface area contributed by atoms with E-state index >= 15 is 0 Å². The van der Waals surface area contributed by atoms with Gasteiger partial charge >= 0.3 is 0 Å². The molecule has 1 nitrogen and oxygen atoms in total. The number of aryl methyl sites for hydroxylation is 2. The van der Waals surface area contributed by atoms with Gasteiger partial charge in [0.25, 0.3) is 0 Å². The van der Waals surface area contributed by atoms with E-state index in [1.165, 1.54) is 11.1 Å². The minimum absolute atomic E-state index is 0.394. The van der Waals surface area contributed by atoms with Gasteiger partial charge in [-0.1, -0.05) is 41.4 Å². The predicted molar refractivity (Wildman–Crippen MR) is 91.7 cm³/mol. The molecule has 2 aromatic carbocycles. The molecule has 0 aromatic heterocycles. The van der Waals surface area contributed by atoms with Crippen molar-refractivity contribution in [2.24, 2.45) is 0 Å². The summed E-state index contributed by atoms with van der Waals surface area (Å²) >= 11 is 9.57. The van der Waals surface area contributed by atoms with Crippen molar-refractivity contribution >= 4 is 33.2 Å². The van der Waals surface area contributed by atoms with Gasteiger partial charge in [0.1, 0.15) is 0 Å². The standard InChI is InChI=1S/C17H19BrClN/c1-12-4-3-5-14(10-12)7-6-13(2)20-17-11-15(19)8-9-16(17)18/h3-5,8-11,13,20H,6-7H2,1-2H3. The third-order valence-corrected chi connectivity index (χ3v) is 4.21. The first-order chi connectivity index (χ1) is 9.54. The van der Waals surface area contributed by atoms with Crippen molar-refractivity contribution in [1.82, 2.24) is 0 Å². The minimum atomic E-state index is 0.394. The Labute approximate surface area is 134 Å². The van der Waals surface area contributed by atoms with Gasteiger partial charge in [0.2, 0.25) is 0 Å². The first-order valence-electron chi connectivity index (χ1n) is 6.82. The summed E-state index contributed by atoms with van der Waals surface area (Å²) in [5.41, 5.74) is 3.76. The maximum absolute atomic E-state index is 6.03. The van der Waals surface area contributed by atoms with Gasteiger partial charge < -0.3 is 5.32 Å². The number of hydrogen-bond acceptors (Lipinski definition) is 1. The summed E-state index contributed by atoms with van der Waals surface area (Å²) in [7, 11) is 0. The summed E-state index contributed by atoms with van der Waals surface area (Å²) in [4.78, 5) is 0. The van der Waals surface area contributed by atoms with Crippen LogP contribution in [-0.2, 0) is 6.42 Å². The average molecular weight is 353 g/mol. The highest BCUT2D eigenvalue weighted by molar-refractivity contribution is 9.10. The van der Waals surface area contributed by atoms with Crippen LogP contribution in [0, 0.1) is 6.92 Å². The van der Waals surface area contributed by atoms with E-state index in [1.807, 2.05) is 18.2 Å². The number of rotatable bonds is 5. The molecule has 0 aliphatic carbocycles. The van der Waals surface area contributed by atoms with Crippen molar-refractivity contribution in [2.45, 2.75) is 32.7 Å². The van der Waals surface area contributed by atoms with Crippen LogP contribution in [0.1, 0.15) is 24.5 Å². The van der Waals surface area contributed by atoms with Crippen molar-refractivity contribution in [3.63, 3.8) is 0 Å². The van der Waals surface area contributed by atoms with Crippen LogP contribution >= 0.6 is 27.5 Å². The minimum Gasteiger partial charge on any atom is -0.382 e. The topological polar surface area (TPSA) is 12.0 Å². The summed E-state index contributed by atoms with van der Waals surface area (Å²) in [6.45, 7) is 4.33. The molecule has 106 valence electrons. The van der Waals surface area contributed by atoms with E-state index in [-0.39, 0.29) is 0 Å². The van der Waals surface area contributed by atoms with E-state index in [1.54, 1.807) is 0 Å². The Kier molecular flexibility index (Phi) is 5.50. The Morgan fingerprint density at radius 2 is 2.00 bits per heavy atom. The summed E-state index contributed by atoms with van der Waals surface area (Å²) < 4.78 is 1.05. The van der Waals surface area contributed by atoms with Gasteiger partial charge in [-0.05, 0) is 66.4 Å². The number of nitrogens with one attached hydrogen (secondary N) is 1. The molecule has 0 fully saturated rings. The highest BCUT2D eigenvalue weighted by atomic mass is 79.9. The second kappa shape index (κ2) is 7.14. The molecule has 0 aliphatic heterocycles. The smallest absolute Gasteiger partial charge is 0.0501 e. The fourth-order valence-electron chi connectivity index (χ4n) is 2.20. The van der Waals surface area contributed by atoms with E-state index < -0.39 is 0 Å². The summed E-state index contributed by atoms with van der Waals surface area (Å²) in [5.74, 6) is 0. The van der Waals surface area contributed by atoms with Crippen LogP contribution in [-0.4, -0.2) is 6.04 Å². The van der Waals surface area contributed by atoms with Crippen molar-refractivity contribution in [1.29, 1.82) is 0 Å². The van der Waals surface area contributed by atoms with Crippen LogP contribution in [0.2, 0.25) is 5.02 Å². The largest absolute Gasteiger partial charge is 0.382 e. The molecule has 20 heavy (non-hydrogen) atoms. The van der Waals surface area contributed by atoms with Crippen LogP contribution in [0.3, 0.4) is 0 Å². The van der Waals surface area contributed by atoms with Gasteiger partial charge in [0.05, 0.1) is 5.69 Å². The lowest BCUT2D eigenvalue weighted by Crippen LogP contribution is -2.16. The number of hydrogen-bond donors (Lipinski definition) is 1. The molecule has 0 aliphatic rings. The molecule has 1 N–H and O–H groups in total. The normalized spacial score (nSPS) is 12.2. The number of benzene rings is 2. The molecule has 2 rings (SSSR count). The SMILES string of the molecule is Cc1cccc(CCC(C)Nc2cc(Cl)ccc2Br)c1. The average Bonchev–Trinajstić information content (AvgIpc) is 2.41. The fraction of sp³-hybridized carbons (Fsp3) is 0.294. The van der Waals surface area contributed by atoms with Crippen LogP contribution in [0.5, 0.6) is 0 Å². The Hall–Kier alpha value is -0.990. The fourth-order valence-corrected chi connectivity index (χ4v) is 2.73. The zero-order valence-corrected chi connectivity index (χ0v) is 14.1. The van der Waals surface area contributed by atoms with Crippen LogP contribution in [0.4, 0.5) is 5.69 Å². The molecule has 0 spiro atoms. The molecule has 0 radical (unpaired) electrons. The number of anilines is 1. The first kappa shape index (κ1) is 15.4. The molecule has 0 saturated carbocycles. The summed E-state index contributed by atoms with van der Waals surface area (Å²) in [6.07, 6.45) is 2.16. The molecule has 1 unspecified atom stereocenters. The van der Waals surface area contributed by atoms with Crippen molar-refractivity contribution < 1.29 is 0 Å². The number of halogens is 2. The van der Waals surface area contributed by atoms with Crippen LogP contribution in [0.25, 0.3) is 0 Å². The Balaban J connectivity index is 1.92. The lowest BCUT2D eigenvalue weighted by Gasteiger charge is -2.17. The first-order valence-corrected chi connectivity index (χ1v) is 7.99. The van der Waals surface area contributed by atoms with Crippen molar-refractivity contribution in [3.05, 3.63) is 63.1 Å².